The third-order valence-electron chi connectivity index (χ3n) is 3.35. The lowest BCUT2D eigenvalue weighted by molar-refractivity contribution is 0.0696. The molecule has 2 aromatic carbocycles. The molecule has 0 spiro atoms. The number of carbonyl (C=O) groups is 1. The Morgan fingerprint density at radius 3 is 2.61 bits per heavy atom. The average Bonchev–Trinajstić information content (AvgIpc) is 2.50. The molecule has 0 aliphatic rings. The van der Waals surface area contributed by atoms with Crippen LogP contribution in [0.2, 0.25) is 5.02 Å². The van der Waals surface area contributed by atoms with Gasteiger partial charge in [0.05, 0.1) is 10.5 Å². The molecule has 0 aliphatic carbocycles. The molecule has 5 nitrogen and oxygen atoms in total. The fourth-order valence-corrected chi connectivity index (χ4v) is 3.77. The lowest BCUT2D eigenvalue weighted by Crippen LogP contribution is -2.23. The summed E-state index contributed by atoms with van der Waals surface area (Å²) in [5, 5.41) is 12.2. The molecule has 23 heavy (non-hydrogen) atoms. The van der Waals surface area contributed by atoms with Gasteiger partial charge in [-0.1, -0.05) is 29.8 Å². The lowest BCUT2D eigenvalue weighted by Gasteiger charge is -2.10. The summed E-state index contributed by atoms with van der Waals surface area (Å²) in [7, 11) is -3.52. The number of hydrogen-bond acceptors (Lipinski definition) is 4. The number of carboxylic acids is 1. The van der Waals surface area contributed by atoms with Crippen LogP contribution >= 0.6 is 11.6 Å². The molecule has 0 aromatic heterocycles. The number of nitrogens with one attached hydrogen (secondary N) is 1. The van der Waals surface area contributed by atoms with Gasteiger partial charge in [-0.05, 0) is 42.3 Å². The molecule has 0 fully saturated rings. The van der Waals surface area contributed by atoms with Crippen LogP contribution < -0.4 is 5.32 Å². The maximum absolute atomic E-state index is 12.4. The van der Waals surface area contributed by atoms with Crippen LogP contribution in [0.3, 0.4) is 0 Å². The second kappa shape index (κ2) is 7.12. The molecular formula is C16H16ClNO4S. The van der Waals surface area contributed by atoms with Gasteiger partial charge in [0.15, 0.2) is 9.84 Å². The summed E-state index contributed by atoms with van der Waals surface area (Å²) in [5.74, 6) is -1.28. The highest BCUT2D eigenvalue weighted by Gasteiger charge is 2.17. The largest absolute Gasteiger partial charge is 0.478 e. The zero-order chi connectivity index (χ0) is 17.0. The van der Waals surface area contributed by atoms with E-state index in [1.165, 1.54) is 18.2 Å². The second-order valence-corrected chi connectivity index (χ2v) is 7.42. The van der Waals surface area contributed by atoms with Gasteiger partial charge in [0.25, 0.3) is 0 Å². The van der Waals surface area contributed by atoms with Crippen LogP contribution in [0.25, 0.3) is 0 Å². The zero-order valence-electron chi connectivity index (χ0n) is 12.4. The molecule has 0 atom stereocenters. The zero-order valence-corrected chi connectivity index (χ0v) is 14.0. The van der Waals surface area contributed by atoms with Gasteiger partial charge in [-0.15, -0.1) is 0 Å². The molecule has 2 aromatic rings. The standard InChI is InChI=1S/C16H16ClNO4S/c1-11-14(17)6-3-7-15(11)23(21,22)10-18-9-12-4-2-5-13(8-12)16(19)20/h2-8,18H,9-10H2,1H3,(H,19,20). The number of carboxylic acid groups (broad SMARTS) is 1. The molecule has 0 heterocycles. The first-order valence-corrected chi connectivity index (χ1v) is 8.85. The first-order valence-electron chi connectivity index (χ1n) is 6.82. The van der Waals surface area contributed by atoms with Crippen molar-refractivity contribution in [2.45, 2.75) is 18.4 Å². The Morgan fingerprint density at radius 1 is 1.22 bits per heavy atom. The van der Waals surface area contributed by atoms with Crippen molar-refractivity contribution in [3.63, 3.8) is 0 Å². The van der Waals surface area contributed by atoms with Gasteiger partial charge in [0.2, 0.25) is 0 Å². The molecule has 0 bridgehead atoms. The molecule has 0 amide bonds. The van der Waals surface area contributed by atoms with Gasteiger partial charge in [-0.2, -0.15) is 0 Å². The third-order valence-corrected chi connectivity index (χ3v) is 5.45. The van der Waals surface area contributed by atoms with Crippen LogP contribution in [0.1, 0.15) is 21.5 Å². The smallest absolute Gasteiger partial charge is 0.335 e. The van der Waals surface area contributed by atoms with Crippen molar-refractivity contribution in [3.8, 4) is 0 Å². The summed E-state index contributed by atoms with van der Waals surface area (Å²) in [5.41, 5.74) is 1.38. The van der Waals surface area contributed by atoms with Crippen LogP contribution in [0.15, 0.2) is 47.4 Å². The van der Waals surface area contributed by atoms with Crippen LogP contribution in [-0.4, -0.2) is 25.4 Å². The highest BCUT2D eigenvalue weighted by Crippen LogP contribution is 2.23. The van der Waals surface area contributed by atoms with Crippen LogP contribution in [0, 0.1) is 6.92 Å². The Kier molecular flexibility index (Phi) is 5.41. The number of aromatic carboxylic acids is 1. The Labute approximate surface area is 139 Å². The minimum absolute atomic E-state index is 0.165. The molecule has 2 N–H and O–H groups in total. The molecule has 0 saturated heterocycles. The van der Waals surface area contributed by atoms with Gasteiger partial charge in [-0.3, -0.25) is 5.32 Å². The van der Waals surface area contributed by atoms with Crippen molar-refractivity contribution in [2.75, 3.05) is 5.88 Å². The minimum Gasteiger partial charge on any atom is -0.478 e. The van der Waals surface area contributed by atoms with E-state index in [2.05, 4.69) is 5.32 Å². The Hall–Kier alpha value is -1.89. The number of benzene rings is 2. The quantitative estimate of drug-likeness (QED) is 0.834. The Bertz CT molecular complexity index is 834. The Balaban J connectivity index is 2.07. The van der Waals surface area contributed by atoms with Gasteiger partial charge < -0.3 is 5.11 Å². The van der Waals surface area contributed by atoms with E-state index in [9.17, 15) is 13.2 Å². The van der Waals surface area contributed by atoms with Crippen molar-refractivity contribution in [1.82, 2.24) is 5.32 Å². The average molecular weight is 354 g/mol. The van der Waals surface area contributed by atoms with E-state index in [1.807, 2.05) is 0 Å². The van der Waals surface area contributed by atoms with Crippen molar-refractivity contribution < 1.29 is 18.3 Å². The summed E-state index contributed by atoms with van der Waals surface area (Å²) in [6.45, 7) is 1.91. The normalized spacial score (nSPS) is 11.4. The van der Waals surface area contributed by atoms with Crippen LogP contribution in [0.4, 0.5) is 0 Å². The number of halogens is 1. The van der Waals surface area contributed by atoms with Crippen molar-refractivity contribution >= 4 is 27.4 Å². The fraction of sp³-hybridized carbons (Fsp3) is 0.188. The minimum atomic E-state index is -3.52. The molecular weight excluding hydrogens is 338 g/mol. The predicted molar refractivity (Wildman–Crippen MR) is 88.5 cm³/mol. The molecule has 0 saturated carbocycles. The van der Waals surface area contributed by atoms with Gasteiger partial charge in [-0.25, -0.2) is 13.2 Å². The summed E-state index contributed by atoms with van der Waals surface area (Å²) in [6, 6.07) is 11.1. The SMILES string of the molecule is Cc1c(Cl)cccc1S(=O)(=O)CNCc1cccc(C(=O)O)c1. The van der Waals surface area contributed by atoms with E-state index in [4.69, 9.17) is 16.7 Å². The van der Waals surface area contributed by atoms with Gasteiger partial charge in [0.1, 0.15) is 5.88 Å². The van der Waals surface area contributed by atoms with Crippen molar-refractivity contribution in [1.29, 1.82) is 0 Å². The molecule has 7 heteroatoms. The van der Waals surface area contributed by atoms with Gasteiger partial charge in [0, 0.05) is 11.6 Å². The van der Waals surface area contributed by atoms with E-state index in [-0.39, 0.29) is 22.9 Å². The first-order chi connectivity index (χ1) is 10.8. The number of hydrogen-bond donors (Lipinski definition) is 2. The van der Waals surface area contributed by atoms with E-state index >= 15 is 0 Å². The molecule has 2 rings (SSSR count). The van der Waals surface area contributed by atoms with E-state index < -0.39 is 15.8 Å². The number of sulfone groups is 1. The summed E-state index contributed by atoms with van der Waals surface area (Å²) in [4.78, 5) is 11.1. The van der Waals surface area contributed by atoms with Crippen molar-refractivity contribution in [3.05, 3.63) is 64.2 Å². The highest BCUT2D eigenvalue weighted by molar-refractivity contribution is 7.91. The maximum atomic E-state index is 12.4. The molecule has 0 radical (unpaired) electrons. The predicted octanol–water partition coefficient (Wildman–Crippen LogP) is 2.87. The van der Waals surface area contributed by atoms with E-state index in [1.54, 1.807) is 31.2 Å². The summed E-state index contributed by atoms with van der Waals surface area (Å²) < 4.78 is 24.7. The van der Waals surface area contributed by atoms with E-state index in [0.29, 0.717) is 16.1 Å². The van der Waals surface area contributed by atoms with Crippen LogP contribution in [0.5, 0.6) is 0 Å². The third kappa shape index (κ3) is 4.31. The molecule has 122 valence electrons. The Morgan fingerprint density at radius 2 is 1.91 bits per heavy atom. The monoisotopic (exact) mass is 353 g/mol. The lowest BCUT2D eigenvalue weighted by atomic mass is 10.1. The summed E-state index contributed by atoms with van der Waals surface area (Å²) >= 11 is 5.96. The van der Waals surface area contributed by atoms with Crippen LogP contribution in [-0.2, 0) is 16.4 Å². The fourth-order valence-electron chi connectivity index (χ4n) is 2.15. The van der Waals surface area contributed by atoms with Gasteiger partial charge >= 0.3 is 5.97 Å². The maximum Gasteiger partial charge on any atom is 0.335 e. The molecule has 0 unspecified atom stereocenters. The first kappa shape index (κ1) is 17.5. The molecule has 0 aliphatic heterocycles. The van der Waals surface area contributed by atoms with E-state index in [0.717, 1.165) is 0 Å². The number of rotatable bonds is 6. The van der Waals surface area contributed by atoms with Crippen molar-refractivity contribution in [2.24, 2.45) is 0 Å². The second-order valence-electron chi connectivity index (χ2n) is 5.05. The highest BCUT2D eigenvalue weighted by atomic mass is 35.5. The topological polar surface area (TPSA) is 83.5 Å². The summed E-state index contributed by atoms with van der Waals surface area (Å²) in [6.07, 6.45) is 0.